The molecule has 1 aliphatic rings. The lowest BCUT2D eigenvalue weighted by Gasteiger charge is -2.30. The average Bonchev–Trinajstić information content (AvgIpc) is 2.30. The number of rotatable bonds is 1. The molecule has 3 nitrogen and oxygen atoms in total. The van der Waals surface area contributed by atoms with Gasteiger partial charge in [-0.15, -0.1) is 0 Å². The monoisotopic (exact) mass is 265 g/mol. The Morgan fingerprint density at radius 1 is 1.33 bits per heavy atom. The summed E-state index contributed by atoms with van der Waals surface area (Å²) in [7, 11) is 0. The molecule has 2 rings (SSSR count). The first-order chi connectivity index (χ1) is 7.31. The summed E-state index contributed by atoms with van der Waals surface area (Å²) in [5.74, 6) is 0. The van der Waals surface area contributed by atoms with Crippen LogP contribution in [0.15, 0.2) is 22.7 Å². The quantitative estimate of drug-likeness (QED) is 0.841. The molecule has 0 amide bonds. The standard InChI is InChI=1S/C11H12BrN3/c12-10-2-1-9(8-13)11(7-10)15-5-3-14-4-6-15/h1-2,7,14H,3-6H2. The van der Waals surface area contributed by atoms with Crippen molar-refractivity contribution in [1.82, 2.24) is 5.32 Å². The maximum Gasteiger partial charge on any atom is 0.101 e. The molecule has 15 heavy (non-hydrogen) atoms. The lowest BCUT2D eigenvalue weighted by Crippen LogP contribution is -2.43. The van der Waals surface area contributed by atoms with Gasteiger partial charge in [0.1, 0.15) is 6.07 Å². The topological polar surface area (TPSA) is 39.1 Å². The van der Waals surface area contributed by atoms with Crippen molar-refractivity contribution in [2.24, 2.45) is 0 Å². The summed E-state index contributed by atoms with van der Waals surface area (Å²) < 4.78 is 1.02. The maximum atomic E-state index is 9.03. The third-order valence-electron chi connectivity index (χ3n) is 2.54. The van der Waals surface area contributed by atoms with Gasteiger partial charge in [-0.05, 0) is 18.2 Å². The molecule has 78 valence electrons. The Balaban J connectivity index is 2.32. The summed E-state index contributed by atoms with van der Waals surface area (Å²) in [4.78, 5) is 2.25. The zero-order valence-corrected chi connectivity index (χ0v) is 9.92. The van der Waals surface area contributed by atoms with E-state index < -0.39 is 0 Å². The van der Waals surface area contributed by atoms with Crippen LogP contribution in [0.4, 0.5) is 5.69 Å². The minimum Gasteiger partial charge on any atom is -0.368 e. The van der Waals surface area contributed by atoms with E-state index in [2.05, 4.69) is 32.2 Å². The molecule has 0 unspecified atom stereocenters. The van der Waals surface area contributed by atoms with Crippen molar-refractivity contribution in [2.75, 3.05) is 31.1 Å². The summed E-state index contributed by atoms with van der Waals surface area (Å²) in [5, 5.41) is 12.3. The molecule has 0 bridgehead atoms. The molecule has 0 atom stereocenters. The van der Waals surface area contributed by atoms with Crippen molar-refractivity contribution in [1.29, 1.82) is 5.26 Å². The van der Waals surface area contributed by atoms with Gasteiger partial charge in [-0.1, -0.05) is 15.9 Å². The number of piperazine rings is 1. The van der Waals surface area contributed by atoms with Crippen LogP contribution in [-0.4, -0.2) is 26.2 Å². The van der Waals surface area contributed by atoms with Gasteiger partial charge in [0.2, 0.25) is 0 Å². The second-order valence-corrected chi connectivity index (χ2v) is 4.43. The number of hydrogen-bond donors (Lipinski definition) is 1. The summed E-state index contributed by atoms with van der Waals surface area (Å²) in [5.41, 5.74) is 1.79. The predicted molar refractivity (Wildman–Crippen MR) is 63.9 cm³/mol. The number of hydrogen-bond acceptors (Lipinski definition) is 3. The van der Waals surface area contributed by atoms with Gasteiger partial charge in [-0.2, -0.15) is 5.26 Å². The molecule has 1 heterocycles. The molecular formula is C11H12BrN3. The molecule has 0 aromatic heterocycles. The highest BCUT2D eigenvalue weighted by atomic mass is 79.9. The summed E-state index contributed by atoms with van der Waals surface area (Å²) in [6.45, 7) is 3.89. The van der Waals surface area contributed by atoms with Crippen molar-refractivity contribution >= 4 is 21.6 Å². The first-order valence-corrected chi connectivity index (χ1v) is 5.76. The van der Waals surface area contributed by atoms with Gasteiger partial charge in [0.15, 0.2) is 0 Å². The van der Waals surface area contributed by atoms with Crippen LogP contribution in [0.2, 0.25) is 0 Å². The average molecular weight is 266 g/mol. The van der Waals surface area contributed by atoms with Gasteiger partial charge in [0.05, 0.1) is 11.3 Å². The minimum absolute atomic E-state index is 0.750. The van der Waals surface area contributed by atoms with Crippen molar-refractivity contribution in [3.05, 3.63) is 28.2 Å². The molecular weight excluding hydrogens is 254 g/mol. The largest absolute Gasteiger partial charge is 0.368 e. The van der Waals surface area contributed by atoms with E-state index in [1.54, 1.807) is 0 Å². The molecule has 1 aromatic rings. The molecule has 1 fully saturated rings. The Kier molecular flexibility index (Phi) is 3.24. The molecule has 1 N–H and O–H groups in total. The Morgan fingerprint density at radius 2 is 2.07 bits per heavy atom. The predicted octanol–water partition coefficient (Wildman–Crippen LogP) is 1.73. The zero-order valence-electron chi connectivity index (χ0n) is 8.33. The fourth-order valence-electron chi connectivity index (χ4n) is 1.77. The number of nitrogens with zero attached hydrogens (tertiary/aromatic N) is 2. The van der Waals surface area contributed by atoms with Gasteiger partial charge in [0, 0.05) is 30.7 Å². The first kappa shape index (κ1) is 10.5. The highest BCUT2D eigenvalue weighted by molar-refractivity contribution is 9.10. The number of nitriles is 1. The van der Waals surface area contributed by atoms with Crippen molar-refractivity contribution < 1.29 is 0 Å². The lowest BCUT2D eigenvalue weighted by atomic mass is 10.1. The Morgan fingerprint density at radius 3 is 2.73 bits per heavy atom. The molecule has 0 saturated carbocycles. The molecule has 1 saturated heterocycles. The third-order valence-corrected chi connectivity index (χ3v) is 3.03. The van der Waals surface area contributed by atoms with E-state index in [4.69, 9.17) is 5.26 Å². The molecule has 1 aromatic carbocycles. The third kappa shape index (κ3) is 2.31. The van der Waals surface area contributed by atoms with E-state index in [0.29, 0.717) is 0 Å². The molecule has 0 radical (unpaired) electrons. The zero-order chi connectivity index (χ0) is 10.7. The van der Waals surface area contributed by atoms with Gasteiger partial charge in [0.25, 0.3) is 0 Å². The van der Waals surface area contributed by atoms with Crippen LogP contribution >= 0.6 is 15.9 Å². The Labute approximate surface area is 97.8 Å². The van der Waals surface area contributed by atoms with Crippen molar-refractivity contribution in [3.8, 4) is 6.07 Å². The SMILES string of the molecule is N#Cc1ccc(Br)cc1N1CCNCC1. The van der Waals surface area contributed by atoms with Gasteiger partial charge in [-0.25, -0.2) is 0 Å². The van der Waals surface area contributed by atoms with Crippen molar-refractivity contribution in [2.45, 2.75) is 0 Å². The van der Waals surface area contributed by atoms with Crippen LogP contribution in [0.3, 0.4) is 0 Å². The molecule has 4 heteroatoms. The van der Waals surface area contributed by atoms with E-state index in [-0.39, 0.29) is 0 Å². The number of benzene rings is 1. The highest BCUT2D eigenvalue weighted by Gasteiger charge is 2.14. The smallest absolute Gasteiger partial charge is 0.101 e. The van der Waals surface area contributed by atoms with E-state index in [9.17, 15) is 0 Å². The van der Waals surface area contributed by atoms with Crippen LogP contribution in [0, 0.1) is 11.3 Å². The maximum absolute atomic E-state index is 9.03. The summed E-state index contributed by atoms with van der Waals surface area (Å²) in [6, 6.07) is 8.02. The number of halogens is 1. The molecule has 1 aliphatic heterocycles. The van der Waals surface area contributed by atoms with Gasteiger partial charge < -0.3 is 10.2 Å². The minimum atomic E-state index is 0.750. The summed E-state index contributed by atoms with van der Waals surface area (Å²) >= 11 is 3.44. The van der Waals surface area contributed by atoms with Crippen molar-refractivity contribution in [3.63, 3.8) is 0 Å². The highest BCUT2D eigenvalue weighted by Crippen LogP contribution is 2.24. The fourth-order valence-corrected chi connectivity index (χ4v) is 2.12. The second kappa shape index (κ2) is 4.65. The normalized spacial score (nSPS) is 16.1. The fraction of sp³-hybridized carbons (Fsp3) is 0.364. The van der Waals surface area contributed by atoms with Crippen LogP contribution in [0.5, 0.6) is 0 Å². The van der Waals surface area contributed by atoms with E-state index in [1.807, 2.05) is 18.2 Å². The van der Waals surface area contributed by atoms with Crippen LogP contribution < -0.4 is 10.2 Å². The Hall–Kier alpha value is -1.05. The van der Waals surface area contributed by atoms with Crippen LogP contribution in [-0.2, 0) is 0 Å². The lowest BCUT2D eigenvalue weighted by molar-refractivity contribution is 0.589. The van der Waals surface area contributed by atoms with Gasteiger partial charge in [-0.3, -0.25) is 0 Å². The Bertz CT molecular complexity index is 391. The second-order valence-electron chi connectivity index (χ2n) is 3.51. The van der Waals surface area contributed by atoms with Gasteiger partial charge >= 0.3 is 0 Å². The van der Waals surface area contributed by atoms with Crippen LogP contribution in [0.1, 0.15) is 5.56 Å². The number of nitrogens with one attached hydrogen (secondary N) is 1. The molecule has 0 spiro atoms. The van der Waals surface area contributed by atoms with Crippen LogP contribution in [0.25, 0.3) is 0 Å². The number of anilines is 1. The summed E-state index contributed by atoms with van der Waals surface area (Å²) in [6.07, 6.45) is 0. The first-order valence-electron chi connectivity index (χ1n) is 4.96. The van der Waals surface area contributed by atoms with E-state index >= 15 is 0 Å². The van der Waals surface area contributed by atoms with E-state index in [0.717, 1.165) is 41.9 Å². The van der Waals surface area contributed by atoms with E-state index in [1.165, 1.54) is 0 Å². The molecule has 0 aliphatic carbocycles.